The van der Waals surface area contributed by atoms with Crippen LogP contribution in [-0.4, -0.2) is 9.91 Å². The quantitative estimate of drug-likeness (QED) is 0.581. The van der Waals surface area contributed by atoms with Crippen LogP contribution in [0.1, 0.15) is 11.1 Å². The lowest BCUT2D eigenvalue weighted by Gasteiger charge is -2.05. The van der Waals surface area contributed by atoms with Gasteiger partial charge in [0.1, 0.15) is 0 Å². The second kappa shape index (κ2) is 5.49. The molecule has 0 bridgehead atoms. The monoisotopic (exact) mass is 299 g/mol. The molecule has 0 aliphatic carbocycles. The number of nitro groups is 1. The molecule has 0 saturated heterocycles. The summed E-state index contributed by atoms with van der Waals surface area (Å²) in [6, 6.07) is 12.9. The minimum Gasteiger partial charge on any atom is -0.357 e. The highest BCUT2D eigenvalue weighted by atomic mass is 32.1. The Balaban J connectivity index is 1.82. The largest absolute Gasteiger partial charge is 0.357 e. The zero-order chi connectivity index (χ0) is 14.8. The number of thiazole rings is 1. The van der Waals surface area contributed by atoms with Crippen molar-refractivity contribution in [1.82, 2.24) is 4.98 Å². The number of hydrogen-bond donors (Lipinski definition) is 1. The zero-order valence-electron chi connectivity index (χ0n) is 11.4. The van der Waals surface area contributed by atoms with Crippen LogP contribution in [0.3, 0.4) is 0 Å². The maximum absolute atomic E-state index is 10.8. The average Bonchev–Trinajstić information content (AvgIpc) is 2.88. The first-order chi connectivity index (χ1) is 10.1. The fraction of sp³-hybridized carbons (Fsp3) is 0.133. The molecule has 5 nitrogen and oxygen atoms in total. The van der Waals surface area contributed by atoms with Crippen LogP contribution in [0.15, 0.2) is 42.5 Å². The van der Waals surface area contributed by atoms with Gasteiger partial charge in [0, 0.05) is 18.7 Å². The van der Waals surface area contributed by atoms with Gasteiger partial charge in [-0.3, -0.25) is 10.1 Å². The molecule has 21 heavy (non-hydrogen) atoms. The van der Waals surface area contributed by atoms with Gasteiger partial charge in [0.15, 0.2) is 5.13 Å². The number of nitro benzene ring substituents is 1. The highest BCUT2D eigenvalue weighted by Crippen LogP contribution is 2.29. The van der Waals surface area contributed by atoms with E-state index in [1.54, 1.807) is 12.1 Å². The first-order valence-corrected chi connectivity index (χ1v) is 7.28. The number of nitrogens with one attached hydrogen (secondary N) is 1. The van der Waals surface area contributed by atoms with Gasteiger partial charge in [0.05, 0.1) is 15.1 Å². The van der Waals surface area contributed by atoms with Crippen molar-refractivity contribution in [2.75, 3.05) is 5.32 Å². The van der Waals surface area contributed by atoms with Crippen molar-refractivity contribution >= 4 is 32.4 Å². The highest BCUT2D eigenvalue weighted by Gasteiger charge is 2.10. The Bertz CT molecular complexity index is 814. The SMILES string of the molecule is Cc1ccccc1CNc1nc2ccc([N+](=O)[O-])cc2s1. The van der Waals surface area contributed by atoms with E-state index in [2.05, 4.69) is 29.4 Å². The Morgan fingerprint density at radius 3 is 2.86 bits per heavy atom. The van der Waals surface area contributed by atoms with Crippen LogP contribution < -0.4 is 5.32 Å². The number of fused-ring (bicyclic) bond motifs is 1. The van der Waals surface area contributed by atoms with E-state index in [4.69, 9.17) is 0 Å². The lowest BCUT2D eigenvalue weighted by Crippen LogP contribution is -2.00. The maximum Gasteiger partial charge on any atom is 0.270 e. The smallest absolute Gasteiger partial charge is 0.270 e. The third-order valence-electron chi connectivity index (χ3n) is 3.27. The predicted molar refractivity (Wildman–Crippen MR) is 84.8 cm³/mol. The Morgan fingerprint density at radius 1 is 1.29 bits per heavy atom. The molecule has 0 atom stereocenters. The Hall–Kier alpha value is -2.47. The van der Waals surface area contributed by atoms with Crippen molar-refractivity contribution in [2.45, 2.75) is 13.5 Å². The van der Waals surface area contributed by atoms with Gasteiger partial charge in [-0.15, -0.1) is 0 Å². The molecular formula is C15H13N3O2S. The van der Waals surface area contributed by atoms with E-state index in [1.807, 2.05) is 12.1 Å². The van der Waals surface area contributed by atoms with Gasteiger partial charge in [0.2, 0.25) is 0 Å². The molecule has 2 aromatic carbocycles. The molecule has 0 spiro atoms. The molecule has 0 amide bonds. The van der Waals surface area contributed by atoms with Crippen molar-refractivity contribution in [3.8, 4) is 0 Å². The Labute approximate surface area is 125 Å². The number of non-ortho nitro benzene ring substituents is 1. The normalized spacial score (nSPS) is 10.7. The average molecular weight is 299 g/mol. The number of nitrogens with zero attached hydrogens (tertiary/aromatic N) is 2. The lowest BCUT2D eigenvalue weighted by molar-refractivity contribution is -0.384. The number of aromatic nitrogens is 1. The van der Waals surface area contributed by atoms with Crippen LogP contribution in [-0.2, 0) is 6.54 Å². The Morgan fingerprint density at radius 2 is 2.10 bits per heavy atom. The van der Waals surface area contributed by atoms with Crippen LogP contribution in [0.5, 0.6) is 0 Å². The summed E-state index contributed by atoms with van der Waals surface area (Å²) >= 11 is 1.43. The third-order valence-corrected chi connectivity index (χ3v) is 4.25. The van der Waals surface area contributed by atoms with Crippen LogP contribution >= 0.6 is 11.3 Å². The molecule has 3 rings (SSSR count). The fourth-order valence-electron chi connectivity index (χ4n) is 2.08. The first-order valence-electron chi connectivity index (χ1n) is 6.47. The van der Waals surface area contributed by atoms with E-state index in [9.17, 15) is 10.1 Å². The van der Waals surface area contributed by atoms with Crippen LogP contribution in [0.25, 0.3) is 10.2 Å². The molecule has 3 aromatic rings. The molecule has 6 heteroatoms. The molecule has 1 aromatic heterocycles. The van der Waals surface area contributed by atoms with E-state index >= 15 is 0 Å². The van der Waals surface area contributed by atoms with Crippen molar-refractivity contribution in [3.05, 3.63) is 63.7 Å². The molecule has 0 unspecified atom stereocenters. The molecule has 0 aliphatic rings. The van der Waals surface area contributed by atoms with Crippen LogP contribution in [0, 0.1) is 17.0 Å². The van der Waals surface area contributed by atoms with E-state index in [0.717, 1.165) is 15.3 Å². The van der Waals surface area contributed by atoms with Gasteiger partial charge < -0.3 is 5.32 Å². The summed E-state index contributed by atoms with van der Waals surface area (Å²) in [7, 11) is 0. The highest BCUT2D eigenvalue weighted by molar-refractivity contribution is 7.22. The number of hydrogen-bond acceptors (Lipinski definition) is 5. The van der Waals surface area contributed by atoms with E-state index in [1.165, 1.54) is 28.5 Å². The van der Waals surface area contributed by atoms with E-state index in [-0.39, 0.29) is 10.6 Å². The summed E-state index contributed by atoms with van der Waals surface area (Å²) in [6.45, 7) is 2.76. The van der Waals surface area contributed by atoms with Gasteiger partial charge >= 0.3 is 0 Å². The lowest BCUT2D eigenvalue weighted by atomic mass is 10.1. The molecule has 1 N–H and O–H groups in total. The van der Waals surface area contributed by atoms with Crippen molar-refractivity contribution < 1.29 is 4.92 Å². The third kappa shape index (κ3) is 2.85. The summed E-state index contributed by atoms with van der Waals surface area (Å²) in [4.78, 5) is 14.8. The second-order valence-electron chi connectivity index (χ2n) is 4.71. The van der Waals surface area contributed by atoms with Gasteiger partial charge in [-0.05, 0) is 24.1 Å². The minimum absolute atomic E-state index is 0.0941. The van der Waals surface area contributed by atoms with E-state index in [0.29, 0.717) is 6.54 Å². The zero-order valence-corrected chi connectivity index (χ0v) is 12.2. The number of anilines is 1. The summed E-state index contributed by atoms with van der Waals surface area (Å²) < 4.78 is 0.816. The van der Waals surface area contributed by atoms with Crippen LogP contribution in [0.4, 0.5) is 10.8 Å². The van der Waals surface area contributed by atoms with Crippen LogP contribution in [0.2, 0.25) is 0 Å². The molecule has 0 radical (unpaired) electrons. The van der Waals surface area contributed by atoms with Crippen molar-refractivity contribution in [1.29, 1.82) is 0 Å². The molecule has 106 valence electrons. The fourth-order valence-corrected chi connectivity index (χ4v) is 2.98. The number of rotatable bonds is 4. The van der Waals surface area contributed by atoms with Gasteiger partial charge in [-0.2, -0.15) is 0 Å². The van der Waals surface area contributed by atoms with E-state index < -0.39 is 0 Å². The summed E-state index contributed by atoms with van der Waals surface area (Å²) in [5.74, 6) is 0. The predicted octanol–water partition coefficient (Wildman–Crippen LogP) is 4.13. The molecule has 0 aliphatic heterocycles. The molecular weight excluding hydrogens is 286 g/mol. The standard InChI is InChI=1S/C15H13N3O2S/c1-10-4-2-3-5-11(10)9-16-15-17-13-7-6-12(18(19)20)8-14(13)21-15/h2-8H,9H2,1H3,(H,16,17). The van der Waals surface area contributed by atoms with Gasteiger partial charge in [-0.25, -0.2) is 4.98 Å². The van der Waals surface area contributed by atoms with Gasteiger partial charge in [-0.1, -0.05) is 35.6 Å². The summed E-state index contributed by atoms with van der Waals surface area (Å²) in [6.07, 6.45) is 0. The van der Waals surface area contributed by atoms with Crippen molar-refractivity contribution in [2.24, 2.45) is 0 Å². The second-order valence-corrected chi connectivity index (χ2v) is 5.74. The maximum atomic E-state index is 10.8. The number of benzene rings is 2. The Kier molecular flexibility index (Phi) is 3.53. The summed E-state index contributed by atoms with van der Waals surface area (Å²) in [5.41, 5.74) is 3.30. The minimum atomic E-state index is -0.389. The number of aryl methyl sites for hydroxylation is 1. The first kappa shape index (κ1) is 13.5. The van der Waals surface area contributed by atoms with Gasteiger partial charge in [0.25, 0.3) is 5.69 Å². The molecule has 1 heterocycles. The molecule has 0 fully saturated rings. The van der Waals surface area contributed by atoms with Crippen molar-refractivity contribution in [3.63, 3.8) is 0 Å². The topological polar surface area (TPSA) is 68.1 Å². The molecule has 0 saturated carbocycles. The summed E-state index contributed by atoms with van der Waals surface area (Å²) in [5, 5.41) is 14.8.